The fourth-order valence-electron chi connectivity index (χ4n) is 3.85. The molecule has 0 spiro atoms. The van der Waals surface area contributed by atoms with Crippen LogP contribution in [0, 0.1) is 5.82 Å². The van der Waals surface area contributed by atoms with E-state index in [-0.39, 0.29) is 17.3 Å². The monoisotopic (exact) mass is 450 g/mol. The second-order valence-corrected chi connectivity index (χ2v) is 9.60. The molecule has 0 saturated carbocycles. The van der Waals surface area contributed by atoms with Crippen molar-refractivity contribution in [3.8, 4) is 0 Å². The van der Waals surface area contributed by atoms with Gasteiger partial charge in [-0.25, -0.2) is 18.7 Å². The normalized spacial score (nSPS) is 17.4. The Balaban J connectivity index is 1.62. The summed E-state index contributed by atoms with van der Waals surface area (Å²) in [5.41, 5.74) is 2.68. The lowest BCUT2D eigenvalue weighted by atomic mass is 9.75. The van der Waals surface area contributed by atoms with Gasteiger partial charge in [-0.1, -0.05) is 6.92 Å². The third-order valence-corrected chi connectivity index (χ3v) is 6.02. The Morgan fingerprint density at radius 1 is 1.32 bits per heavy atom. The highest BCUT2D eigenvalue weighted by Gasteiger charge is 2.37. The number of nitrogens with zero attached hydrogens (tertiary/aromatic N) is 3. The standard InChI is InChI=1S/C20H24BrFN4O2/c1-19(2,3)28-18(27)25-7-5-20(4,6-8-25)13-11-23-26-16-14(21)9-12(22)10-15(16)24-17(13)26/h9-11,23H,5-8H2,1-4H3. The van der Waals surface area contributed by atoms with Crippen LogP contribution in [0.2, 0.25) is 0 Å². The molecule has 2 aromatic heterocycles. The van der Waals surface area contributed by atoms with Gasteiger partial charge in [0.1, 0.15) is 16.9 Å². The average molecular weight is 451 g/mol. The Hall–Kier alpha value is -2.09. The van der Waals surface area contributed by atoms with E-state index in [0.29, 0.717) is 23.1 Å². The molecule has 1 N–H and O–H groups in total. The highest BCUT2D eigenvalue weighted by Crippen LogP contribution is 2.39. The Kier molecular flexibility index (Phi) is 4.45. The molecule has 0 bridgehead atoms. The topological polar surface area (TPSA) is 62.6 Å². The molecule has 4 rings (SSSR count). The van der Waals surface area contributed by atoms with Crippen LogP contribution < -0.4 is 0 Å². The summed E-state index contributed by atoms with van der Waals surface area (Å²) in [7, 11) is 0. The number of nitrogens with one attached hydrogen (secondary N) is 1. The number of likely N-dealkylation sites (tertiary alicyclic amines) is 1. The maximum atomic E-state index is 13.8. The van der Waals surface area contributed by atoms with E-state index in [9.17, 15) is 9.18 Å². The number of fused-ring (bicyclic) bond motifs is 3. The van der Waals surface area contributed by atoms with Gasteiger partial charge in [-0.15, -0.1) is 0 Å². The number of benzene rings is 1. The maximum Gasteiger partial charge on any atom is 0.410 e. The number of halogens is 2. The van der Waals surface area contributed by atoms with Gasteiger partial charge in [0, 0.05) is 40.8 Å². The van der Waals surface area contributed by atoms with E-state index in [0.717, 1.165) is 29.6 Å². The molecule has 0 aliphatic carbocycles. The number of aromatic amines is 1. The van der Waals surface area contributed by atoms with Gasteiger partial charge in [0.25, 0.3) is 0 Å². The number of ether oxygens (including phenoxy) is 1. The number of imidazole rings is 1. The van der Waals surface area contributed by atoms with Gasteiger partial charge in [-0.05, 0) is 55.6 Å². The highest BCUT2D eigenvalue weighted by molar-refractivity contribution is 9.10. The summed E-state index contributed by atoms with van der Waals surface area (Å²) in [5, 5.41) is 3.26. The summed E-state index contributed by atoms with van der Waals surface area (Å²) >= 11 is 3.44. The first-order chi connectivity index (χ1) is 13.1. The van der Waals surface area contributed by atoms with Crippen LogP contribution in [0.15, 0.2) is 22.8 Å². The van der Waals surface area contributed by atoms with Crippen LogP contribution in [0.5, 0.6) is 0 Å². The van der Waals surface area contributed by atoms with Crippen LogP contribution in [0.1, 0.15) is 46.1 Å². The van der Waals surface area contributed by atoms with Crippen LogP contribution in [0.25, 0.3) is 16.7 Å². The minimum atomic E-state index is -0.497. The molecule has 1 saturated heterocycles. The number of rotatable bonds is 1. The smallest absolute Gasteiger partial charge is 0.410 e. The predicted molar refractivity (Wildman–Crippen MR) is 109 cm³/mol. The Morgan fingerprint density at radius 3 is 2.64 bits per heavy atom. The molecule has 0 radical (unpaired) electrons. The molecule has 1 aromatic carbocycles. The molecule has 3 aromatic rings. The Morgan fingerprint density at radius 2 is 2.00 bits per heavy atom. The zero-order valence-corrected chi connectivity index (χ0v) is 18.1. The molecular formula is C20H24BrFN4O2. The maximum absolute atomic E-state index is 13.8. The Labute approximate surface area is 171 Å². The Bertz CT molecular complexity index is 1060. The zero-order chi connectivity index (χ0) is 20.3. The van der Waals surface area contributed by atoms with Crippen molar-refractivity contribution in [3.63, 3.8) is 0 Å². The second-order valence-electron chi connectivity index (χ2n) is 8.74. The number of hydrogen-bond donors (Lipinski definition) is 1. The van der Waals surface area contributed by atoms with E-state index in [2.05, 4.69) is 32.9 Å². The molecule has 0 atom stereocenters. The van der Waals surface area contributed by atoms with Crippen molar-refractivity contribution < 1.29 is 13.9 Å². The third kappa shape index (κ3) is 3.27. The van der Waals surface area contributed by atoms with Crippen LogP contribution in [0.3, 0.4) is 0 Å². The van der Waals surface area contributed by atoms with E-state index in [1.165, 1.54) is 12.1 Å². The predicted octanol–water partition coefficient (Wildman–Crippen LogP) is 5.01. The molecular weight excluding hydrogens is 427 g/mol. The summed E-state index contributed by atoms with van der Waals surface area (Å²) < 4.78 is 21.8. The summed E-state index contributed by atoms with van der Waals surface area (Å²) in [6, 6.07) is 2.89. The number of aromatic nitrogens is 3. The van der Waals surface area contributed by atoms with Crippen molar-refractivity contribution in [1.82, 2.24) is 19.5 Å². The van der Waals surface area contributed by atoms with E-state index >= 15 is 0 Å². The minimum Gasteiger partial charge on any atom is -0.444 e. The summed E-state index contributed by atoms with van der Waals surface area (Å²) in [4.78, 5) is 18.8. The van der Waals surface area contributed by atoms with E-state index in [1.807, 2.05) is 31.5 Å². The lowest BCUT2D eigenvalue weighted by molar-refractivity contribution is 0.0172. The fraction of sp³-hybridized carbons (Fsp3) is 0.500. The van der Waals surface area contributed by atoms with Gasteiger partial charge in [0.15, 0.2) is 5.65 Å². The molecule has 150 valence electrons. The lowest BCUT2D eigenvalue weighted by Crippen LogP contribution is -2.45. The first-order valence-corrected chi connectivity index (χ1v) is 10.2. The number of carbonyl (C=O) groups excluding carboxylic acids is 1. The van der Waals surface area contributed by atoms with Gasteiger partial charge >= 0.3 is 6.09 Å². The van der Waals surface area contributed by atoms with Crippen LogP contribution in [-0.4, -0.2) is 44.3 Å². The van der Waals surface area contributed by atoms with Crippen molar-refractivity contribution in [3.05, 3.63) is 34.2 Å². The highest BCUT2D eigenvalue weighted by atomic mass is 79.9. The molecule has 1 aliphatic rings. The first kappa shape index (κ1) is 19.2. The van der Waals surface area contributed by atoms with Gasteiger partial charge < -0.3 is 9.64 Å². The SMILES string of the molecule is CC(C)(C)OC(=O)N1CCC(C)(c2c[nH]n3c2nc2cc(F)cc(Br)c23)CC1. The van der Waals surface area contributed by atoms with Crippen molar-refractivity contribution in [2.75, 3.05) is 13.1 Å². The quantitative estimate of drug-likeness (QED) is 0.566. The number of piperidine rings is 1. The number of carbonyl (C=O) groups is 1. The van der Waals surface area contributed by atoms with E-state index in [4.69, 9.17) is 4.74 Å². The van der Waals surface area contributed by atoms with Crippen molar-refractivity contribution in [1.29, 1.82) is 0 Å². The molecule has 28 heavy (non-hydrogen) atoms. The molecule has 1 fully saturated rings. The van der Waals surface area contributed by atoms with Crippen molar-refractivity contribution in [2.45, 2.75) is 51.6 Å². The summed E-state index contributed by atoms with van der Waals surface area (Å²) in [6.07, 6.45) is 3.32. The summed E-state index contributed by atoms with van der Waals surface area (Å²) in [5.74, 6) is -0.321. The molecule has 6 nitrogen and oxygen atoms in total. The molecule has 3 heterocycles. The average Bonchev–Trinajstić information content (AvgIpc) is 3.12. The molecule has 1 aliphatic heterocycles. The van der Waals surface area contributed by atoms with Crippen LogP contribution in [0.4, 0.5) is 9.18 Å². The molecule has 1 amide bonds. The minimum absolute atomic E-state index is 0.133. The van der Waals surface area contributed by atoms with Crippen LogP contribution in [-0.2, 0) is 10.2 Å². The largest absolute Gasteiger partial charge is 0.444 e. The van der Waals surface area contributed by atoms with E-state index < -0.39 is 5.60 Å². The van der Waals surface area contributed by atoms with E-state index in [1.54, 1.807) is 4.90 Å². The first-order valence-electron chi connectivity index (χ1n) is 9.40. The van der Waals surface area contributed by atoms with Gasteiger partial charge in [-0.2, -0.15) is 0 Å². The molecule has 8 heteroatoms. The van der Waals surface area contributed by atoms with Gasteiger partial charge in [-0.3, -0.25) is 5.10 Å². The number of hydrogen-bond acceptors (Lipinski definition) is 3. The molecule has 0 unspecified atom stereocenters. The van der Waals surface area contributed by atoms with Crippen molar-refractivity contribution in [2.24, 2.45) is 0 Å². The number of H-pyrrole nitrogens is 1. The van der Waals surface area contributed by atoms with Gasteiger partial charge in [0.05, 0.1) is 5.52 Å². The van der Waals surface area contributed by atoms with Crippen LogP contribution >= 0.6 is 15.9 Å². The zero-order valence-electron chi connectivity index (χ0n) is 16.5. The summed E-state index contributed by atoms with van der Waals surface area (Å²) in [6.45, 7) is 9.07. The van der Waals surface area contributed by atoms with Crippen molar-refractivity contribution >= 4 is 38.7 Å². The number of amides is 1. The second kappa shape index (κ2) is 6.47. The van der Waals surface area contributed by atoms with Gasteiger partial charge in [0.2, 0.25) is 0 Å². The lowest BCUT2D eigenvalue weighted by Gasteiger charge is -2.39. The fourth-order valence-corrected chi connectivity index (χ4v) is 4.45. The third-order valence-electron chi connectivity index (χ3n) is 5.42.